The van der Waals surface area contributed by atoms with Crippen molar-refractivity contribution >= 4 is 5.69 Å². The average molecular weight is 208 g/mol. The van der Waals surface area contributed by atoms with Crippen LogP contribution in [0.2, 0.25) is 0 Å². The van der Waals surface area contributed by atoms with Gasteiger partial charge in [0, 0.05) is 17.2 Å². The number of hydrogen-bond donors (Lipinski definition) is 1. The molecule has 0 saturated carbocycles. The van der Waals surface area contributed by atoms with E-state index in [1.165, 1.54) is 0 Å². The summed E-state index contributed by atoms with van der Waals surface area (Å²) < 4.78 is 1.77. The molecule has 0 amide bonds. The minimum Gasteiger partial charge on any atom is -0.394 e. The molecule has 1 rings (SSSR count). The highest BCUT2D eigenvalue weighted by molar-refractivity contribution is 5.37. The summed E-state index contributed by atoms with van der Waals surface area (Å²) in [6, 6.07) is 3.77. The molecule has 1 aromatic heterocycles. The third-order valence-electron chi connectivity index (χ3n) is 2.43. The van der Waals surface area contributed by atoms with Crippen molar-refractivity contribution in [1.29, 1.82) is 0 Å². The third kappa shape index (κ3) is 2.22. The van der Waals surface area contributed by atoms with Crippen LogP contribution in [0, 0.1) is 0 Å². The molecule has 0 spiro atoms. The summed E-state index contributed by atoms with van der Waals surface area (Å²) in [5.41, 5.74) is 6.85. The zero-order valence-electron chi connectivity index (χ0n) is 10.2. The molecule has 0 unspecified atom stereocenters. The normalized spacial score (nSPS) is 12.1. The van der Waals surface area contributed by atoms with Gasteiger partial charge in [-0.2, -0.15) is 0 Å². The molecule has 0 bridgehead atoms. The number of hydrogen-bond acceptors (Lipinski definition) is 2. The van der Waals surface area contributed by atoms with Gasteiger partial charge in [0.05, 0.1) is 5.69 Å². The van der Waals surface area contributed by atoms with Crippen LogP contribution in [-0.2, 0) is 5.41 Å². The Labute approximate surface area is 90.9 Å². The summed E-state index contributed by atoms with van der Waals surface area (Å²) in [6.45, 7) is 10.3. The third-order valence-corrected chi connectivity index (χ3v) is 2.43. The Morgan fingerprint density at radius 2 is 1.80 bits per heavy atom. The SMILES string of the molecule is CC(C)n1c(C(C)(C)C)ccc(N)c1=O. The topological polar surface area (TPSA) is 48.0 Å². The van der Waals surface area contributed by atoms with E-state index in [-0.39, 0.29) is 17.0 Å². The second kappa shape index (κ2) is 3.72. The van der Waals surface area contributed by atoms with E-state index in [9.17, 15) is 4.79 Å². The van der Waals surface area contributed by atoms with Gasteiger partial charge in [-0.05, 0) is 26.0 Å². The minimum atomic E-state index is -0.0857. The largest absolute Gasteiger partial charge is 0.394 e. The first-order valence-corrected chi connectivity index (χ1v) is 5.26. The maximum absolute atomic E-state index is 11.9. The van der Waals surface area contributed by atoms with Gasteiger partial charge in [0.15, 0.2) is 0 Å². The Morgan fingerprint density at radius 3 is 2.20 bits per heavy atom. The summed E-state index contributed by atoms with van der Waals surface area (Å²) in [7, 11) is 0. The quantitative estimate of drug-likeness (QED) is 0.770. The average Bonchev–Trinajstić information content (AvgIpc) is 2.06. The van der Waals surface area contributed by atoms with E-state index in [2.05, 4.69) is 20.8 Å². The van der Waals surface area contributed by atoms with E-state index in [4.69, 9.17) is 5.73 Å². The van der Waals surface area contributed by atoms with Crippen molar-refractivity contribution in [1.82, 2.24) is 4.57 Å². The van der Waals surface area contributed by atoms with E-state index < -0.39 is 0 Å². The van der Waals surface area contributed by atoms with E-state index >= 15 is 0 Å². The summed E-state index contributed by atoms with van der Waals surface area (Å²) in [5, 5.41) is 0. The van der Waals surface area contributed by atoms with Crippen molar-refractivity contribution in [2.45, 2.75) is 46.1 Å². The first-order chi connectivity index (χ1) is 6.75. The monoisotopic (exact) mass is 208 g/mol. The smallest absolute Gasteiger partial charge is 0.274 e. The van der Waals surface area contributed by atoms with Crippen molar-refractivity contribution < 1.29 is 0 Å². The Morgan fingerprint density at radius 1 is 1.27 bits per heavy atom. The van der Waals surface area contributed by atoms with Crippen molar-refractivity contribution in [3.8, 4) is 0 Å². The highest BCUT2D eigenvalue weighted by Crippen LogP contribution is 2.23. The van der Waals surface area contributed by atoms with Crippen LogP contribution in [0.3, 0.4) is 0 Å². The molecular weight excluding hydrogens is 188 g/mol. The van der Waals surface area contributed by atoms with Gasteiger partial charge in [0.2, 0.25) is 0 Å². The fraction of sp³-hybridized carbons (Fsp3) is 0.583. The van der Waals surface area contributed by atoms with Crippen molar-refractivity contribution in [3.05, 3.63) is 28.2 Å². The van der Waals surface area contributed by atoms with E-state index in [1.807, 2.05) is 19.9 Å². The number of anilines is 1. The fourth-order valence-electron chi connectivity index (χ4n) is 1.69. The molecule has 0 saturated heterocycles. The lowest BCUT2D eigenvalue weighted by Crippen LogP contribution is -2.32. The van der Waals surface area contributed by atoms with Crippen molar-refractivity contribution in [2.24, 2.45) is 0 Å². The molecular formula is C12H20N2O. The molecule has 0 aliphatic heterocycles. The Hall–Kier alpha value is -1.25. The lowest BCUT2D eigenvalue weighted by Gasteiger charge is -2.26. The highest BCUT2D eigenvalue weighted by Gasteiger charge is 2.20. The molecule has 1 aromatic rings. The lowest BCUT2D eigenvalue weighted by molar-refractivity contribution is 0.468. The molecule has 3 heteroatoms. The number of rotatable bonds is 1. The van der Waals surface area contributed by atoms with Crippen LogP contribution in [0.15, 0.2) is 16.9 Å². The first kappa shape index (κ1) is 11.8. The first-order valence-electron chi connectivity index (χ1n) is 5.26. The fourth-order valence-corrected chi connectivity index (χ4v) is 1.69. The van der Waals surface area contributed by atoms with Crippen LogP contribution in [0.4, 0.5) is 5.69 Å². The lowest BCUT2D eigenvalue weighted by atomic mass is 9.90. The highest BCUT2D eigenvalue weighted by atomic mass is 16.1. The number of nitrogens with two attached hydrogens (primary N) is 1. The summed E-state index contributed by atoms with van der Waals surface area (Å²) in [6.07, 6.45) is 0. The van der Waals surface area contributed by atoms with Gasteiger partial charge in [-0.15, -0.1) is 0 Å². The minimum absolute atomic E-state index is 0.0445. The Balaban J connectivity index is 3.55. The molecule has 2 N–H and O–H groups in total. The maximum Gasteiger partial charge on any atom is 0.274 e. The van der Waals surface area contributed by atoms with Crippen LogP contribution in [0.25, 0.3) is 0 Å². The van der Waals surface area contributed by atoms with Crippen LogP contribution < -0.4 is 11.3 Å². The Kier molecular flexibility index (Phi) is 2.93. The number of pyridine rings is 1. The number of nitrogens with zero attached hydrogens (tertiary/aromatic N) is 1. The zero-order valence-corrected chi connectivity index (χ0v) is 10.2. The molecule has 0 fully saturated rings. The Bertz CT molecular complexity index is 411. The van der Waals surface area contributed by atoms with Crippen LogP contribution in [-0.4, -0.2) is 4.57 Å². The summed E-state index contributed by atoms with van der Waals surface area (Å²) in [4.78, 5) is 11.9. The predicted octanol–water partition coefficient (Wildman–Crippen LogP) is 2.31. The molecule has 0 atom stereocenters. The molecule has 0 radical (unpaired) electrons. The molecule has 0 aromatic carbocycles. The van der Waals surface area contributed by atoms with E-state index in [0.29, 0.717) is 5.69 Å². The van der Waals surface area contributed by atoms with Crippen LogP contribution in [0.1, 0.15) is 46.4 Å². The van der Waals surface area contributed by atoms with E-state index in [1.54, 1.807) is 10.6 Å². The number of nitrogen functional groups attached to an aromatic ring is 1. The molecule has 15 heavy (non-hydrogen) atoms. The van der Waals surface area contributed by atoms with Gasteiger partial charge >= 0.3 is 0 Å². The van der Waals surface area contributed by atoms with Gasteiger partial charge in [-0.25, -0.2) is 0 Å². The second-order valence-electron chi connectivity index (χ2n) is 5.19. The van der Waals surface area contributed by atoms with Gasteiger partial charge < -0.3 is 10.3 Å². The molecule has 1 heterocycles. The van der Waals surface area contributed by atoms with Crippen molar-refractivity contribution in [2.75, 3.05) is 5.73 Å². The van der Waals surface area contributed by atoms with Crippen LogP contribution in [0.5, 0.6) is 0 Å². The second-order valence-corrected chi connectivity index (χ2v) is 5.19. The van der Waals surface area contributed by atoms with E-state index in [0.717, 1.165) is 5.69 Å². The van der Waals surface area contributed by atoms with Gasteiger partial charge in [0.1, 0.15) is 0 Å². The predicted molar refractivity (Wildman–Crippen MR) is 64.2 cm³/mol. The summed E-state index contributed by atoms with van der Waals surface area (Å²) in [5.74, 6) is 0. The standard InChI is InChI=1S/C12H20N2O/c1-8(2)14-10(12(3,4)5)7-6-9(13)11(14)15/h6-8H,13H2,1-5H3. The molecule has 0 aliphatic carbocycles. The zero-order chi connectivity index (χ0) is 11.8. The molecule has 0 aliphatic rings. The van der Waals surface area contributed by atoms with Gasteiger partial charge in [-0.3, -0.25) is 4.79 Å². The molecule has 84 valence electrons. The van der Waals surface area contributed by atoms with Gasteiger partial charge in [0.25, 0.3) is 5.56 Å². The maximum atomic E-state index is 11.9. The van der Waals surface area contributed by atoms with Crippen LogP contribution >= 0.6 is 0 Å². The van der Waals surface area contributed by atoms with Crippen molar-refractivity contribution in [3.63, 3.8) is 0 Å². The van der Waals surface area contributed by atoms with Gasteiger partial charge in [-0.1, -0.05) is 20.8 Å². The number of aromatic nitrogens is 1. The summed E-state index contributed by atoms with van der Waals surface area (Å²) >= 11 is 0. The molecule has 3 nitrogen and oxygen atoms in total.